The number of hydrogen-bond donors (Lipinski definition) is 2. The molecule has 0 fully saturated rings. The third-order valence-corrected chi connectivity index (χ3v) is 2.33. The first kappa shape index (κ1) is 14.3. The Morgan fingerprint density at radius 1 is 1.59 bits per heavy atom. The average molecular weight is 264 g/mol. The molecule has 0 aliphatic carbocycles. The maximum Gasteiger partial charge on any atom is 0.164 e. The number of halogens is 2. The summed E-state index contributed by atoms with van der Waals surface area (Å²) in [4.78, 5) is 3.60. The van der Waals surface area contributed by atoms with E-state index in [0.29, 0.717) is 5.56 Å². The normalized spacial score (nSPS) is 13.8. The van der Waals surface area contributed by atoms with Gasteiger partial charge in [0.25, 0.3) is 0 Å². The second-order valence-electron chi connectivity index (χ2n) is 4.14. The van der Waals surface area contributed by atoms with Crippen LogP contribution in [0.3, 0.4) is 0 Å². The van der Waals surface area contributed by atoms with E-state index in [-0.39, 0.29) is 18.2 Å². The van der Waals surface area contributed by atoms with E-state index in [4.69, 9.17) is 16.3 Å². The van der Waals surface area contributed by atoms with Crippen molar-refractivity contribution in [2.45, 2.75) is 32.2 Å². The predicted molar refractivity (Wildman–Crippen MR) is 61.0 cm³/mol. The van der Waals surface area contributed by atoms with Crippen LogP contribution < -0.4 is 0 Å². The molecule has 0 radical (unpaired) electrons. The van der Waals surface area contributed by atoms with E-state index >= 15 is 0 Å². The van der Waals surface area contributed by atoms with Crippen molar-refractivity contribution in [1.29, 1.82) is 0 Å². The molecular formula is C11H15ClFNO3. The lowest BCUT2D eigenvalue weighted by atomic mass is 10.1. The van der Waals surface area contributed by atoms with Crippen LogP contribution >= 0.6 is 11.6 Å². The Kier molecular flexibility index (Phi) is 4.82. The summed E-state index contributed by atoms with van der Waals surface area (Å²) in [6.45, 7) is 3.13. The second-order valence-corrected chi connectivity index (χ2v) is 4.50. The molecule has 0 spiro atoms. The Morgan fingerprint density at radius 2 is 2.24 bits per heavy atom. The summed E-state index contributed by atoms with van der Waals surface area (Å²) in [7, 11) is 0. The molecule has 2 N–H and O–H groups in total. The number of ether oxygens (including phenoxy) is 1. The molecule has 0 amide bonds. The van der Waals surface area contributed by atoms with Crippen LogP contribution in [0, 0.1) is 5.82 Å². The van der Waals surface area contributed by atoms with Crippen molar-refractivity contribution in [3.63, 3.8) is 0 Å². The summed E-state index contributed by atoms with van der Waals surface area (Å²) in [5.41, 5.74) is 0.325. The van der Waals surface area contributed by atoms with Gasteiger partial charge < -0.3 is 14.9 Å². The minimum Gasteiger partial charge on any atom is -0.388 e. The topological polar surface area (TPSA) is 62.6 Å². The smallest absolute Gasteiger partial charge is 0.164 e. The highest BCUT2D eigenvalue weighted by Gasteiger charge is 2.15. The second kappa shape index (κ2) is 5.73. The summed E-state index contributed by atoms with van der Waals surface area (Å²) in [5.74, 6) is -1.92. The zero-order valence-corrected chi connectivity index (χ0v) is 10.4. The number of rotatable bonds is 5. The SMILES string of the molecule is CC(C)(O)OCC[C@H](O)c1cnc(Cl)c(F)c1. The molecule has 4 nitrogen and oxygen atoms in total. The zero-order valence-electron chi connectivity index (χ0n) is 9.65. The first-order chi connectivity index (χ1) is 7.79. The maximum absolute atomic E-state index is 13.1. The molecule has 17 heavy (non-hydrogen) atoms. The average Bonchev–Trinajstić information content (AvgIpc) is 2.20. The fourth-order valence-electron chi connectivity index (χ4n) is 1.21. The van der Waals surface area contributed by atoms with E-state index in [1.807, 2.05) is 0 Å². The van der Waals surface area contributed by atoms with E-state index in [1.165, 1.54) is 20.0 Å². The van der Waals surface area contributed by atoms with Gasteiger partial charge in [-0.1, -0.05) is 11.6 Å². The molecule has 1 heterocycles. The molecule has 0 saturated heterocycles. The van der Waals surface area contributed by atoms with Crippen LogP contribution in [0.2, 0.25) is 5.15 Å². The van der Waals surface area contributed by atoms with Crippen LogP contribution in [0.5, 0.6) is 0 Å². The van der Waals surface area contributed by atoms with Crippen molar-refractivity contribution in [3.8, 4) is 0 Å². The van der Waals surface area contributed by atoms with Gasteiger partial charge in [0.05, 0.1) is 12.7 Å². The molecule has 0 aliphatic rings. The lowest BCUT2D eigenvalue weighted by molar-refractivity contribution is -0.179. The highest BCUT2D eigenvalue weighted by molar-refractivity contribution is 6.29. The summed E-state index contributed by atoms with van der Waals surface area (Å²) in [6.07, 6.45) is 0.629. The molecule has 0 aromatic carbocycles. The van der Waals surface area contributed by atoms with Gasteiger partial charge in [-0.3, -0.25) is 0 Å². The number of pyridine rings is 1. The molecule has 0 unspecified atom stereocenters. The molecule has 1 aromatic heterocycles. The highest BCUT2D eigenvalue weighted by Crippen LogP contribution is 2.20. The fourth-order valence-corrected chi connectivity index (χ4v) is 1.31. The van der Waals surface area contributed by atoms with E-state index in [9.17, 15) is 14.6 Å². The van der Waals surface area contributed by atoms with E-state index in [2.05, 4.69) is 4.98 Å². The third kappa shape index (κ3) is 4.95. The van der Waals surface area contributed by atoms with Gasteiger partial charge in [0.1, 0.15) is 0 Å². The van der Waals surface area contributed by atoms with Gasteiger partial charge in [-0.05, 0) is 19.9 Å². The Labute approximate surface area is 104 Å². The van der Waals surface area contributed by atoms with Crippen LogP contribution in [-0.4, -0.2) is 27.6 Å². The first-order valence-electron chi connectivity index (χ1n) is 5.15. The first-order valence-corrected chi connectivity index (χ1v) is 5.53. The summed E-state index contributed by atoms with van der Waals surface area (Å²) in [6, 6.07) is 1.13. The van der Waals surface area contributed by atoms with Gasteiger partial charge >= 0.3 is 0 Å². The van der Waals surface area contributed by atoms with Gasteiger partial charge in [0, 0.05) is 18.2 Å². The van der Waals surface area contributed by atoms with E-state index in [1.54, 1.807) is 0 Å². The number of aliphatic hydroxyl groups is 2. The van der Waals surface area contributed by atoms with Crippen molar-refractivity contribution in [2.75, 3.05) is 6.61 Å². The molecule has 6 heteroatoms. The van der Waals surface area contributed by atoms with Crippen molar-refractivity contribution in [1.82, 2.24) is 4.98 Å². The van der Waals surface area contributed by atoms with E-state index in [0.717, 1.165) is 6.07 Å². The van der Waals surface area contributed by atoms with Crippen molar-refractivity contribution < 1.29 is 19.3 Å². The third-order valence-electron chi connectivity index (χ3n) is 2.05. The van der Waals surface area contributed by atoms with Crippen LogP contribution in [0.25, 0.3) is 0 Å². The number of aliphatic hydroxyl groups excluding tert-OH is 1. The Morgan fingerprint density at radius 3 is 2.76 bits per heavy atom. The van der Waals surface area contributed by atoms with Gasteiger partial charge in [-0.15, -0.1) is 0 Å². The van der Waals surface area contributed by atoms with Crippen molar-refractivity contribution in [2.24, 2.45) is 0 Å². The standard InChI is InChI=1S/C11H15ClFNO3/c1-11(2,16)17-4-3-9(15)7-5-8(13)10(12)14-6-7/h5-6,9,15-16H,3-4H2,1-2H3/t9-/m0/s1. The number of aromatic nitrogens is 1. The monoisotopic (exact) mass is 263 g/mol. The molecule has 0 saturated carbocycles. The Balaban J connectivity index is 2.52. The molecule has 1 atom stereocenters. The summed E-state index contributed by atoms with van der Waals surface area (Å²) < 4.78 is 18.1. The lowest BCUT2D eigenvalue weighted by Crippen LogP contribution is -2.24. The minimum absolute atomic E-state index is 0.148. The highest BCUT2D eigenvalue weighted by atomic mass is 35.5. The van der Waals surface area contributed by atoms with Crippen molar-refractivity contribution >= 4 is 11.6 Å². The van der Waals surface area contributed by atoms with E-state index < -0.39 is 17.7 Å². The molecule has 96 valence electrons. The Hall–Kier alpha value is -0.750. The summed E-state index contributed by atoms with van der Waals surface area (Å²) >= 11 is 5.42. The number of hydrogen-bond acceptors (Lipinski definition) is 4. The van der Waals surface area contributed by atoms with Crippen molar-refractivity contribution in [3.05, 3.63) is 28.8 Å². The Bertz CT molecular complexity index is 381. The number of nitrogens with zero attached hydrogens (tertiary/aromatic N) is 1. The van der Waals surface area contributed by atoms with Gasteiger partial charge in [-0.25, -0.2) is 9.37 Å². The van der Waals surface area contributed by atoms with Gasteiger partial charge in [-0.2, -0.15) is 0 Å². The fraction of sp³-hybridized carbons (Fsp3) is 0.545. The molecular weight excluding hydrogens is 249 g/mol. The molecule has 0 bridgehead atoms. The van der Waals surface area contributed by atoms with Gasteiger partial charge in [0.2, 0.25) is 0 Å². The molecule has 0 aliphatic heterocycles. The zero-order chi connectivity index (χ0) is 13.1. The summed E-state index contributed by atoms with van der Waals surface area (Å²) in [5, 5.41) is 18.8. The van der Waals surface area contributed by atoms with Gasteiger partial charge in [0.15, 0.2) is 16.8 Å². The molecule has 1 aromatic rings. The minimum atomic E-state index is -1.25. The van der Waals surface area contributed by atoms with Crippen LogP contribution in [-0.2, 0) is 4.74 Å². The van der Waals surface area contributed by atoms with Crippen LogP contribution in [0.1, 0.15) is 31.9 Å². The largest absolute Gasteiger partial charge is 0.388 e. The van der Waals surface area contributed by atoms with Crippen LogP contribution in [0.4, 0.5) is 4.39 Å². The molecule has 1 rings (SSSR count). The van der Waals surface area contributed by atoms with Crippen LogP contribution in [0.15, 0.2) is 12.3 Å². The predicted octanol–water partition coefficient (Wildman–Crippen LogP) is 2.04. The quantitative estimate of drug-likeness (QED) is 0.630. The lowest BCUT2D eigenvalue weighted by Gasteiger charge is -2.19. The maximum atomic E-state index is 13.1.